The normalized spacial score (nSPS) is 24.2. The second kappa shape index (κ2) is 12.0. The molecular formula is C39H48N4O2. The molecule has 6 heteroatoms. The van der Waals surface area contributed by atoms with Crippen LogP contribution in [0, 0.1) is 12.3 Å². The smallest absolute Gasteiger partial charge is 0.231 e. The van der Waals surface area contributed by atoms with Crippen LogP contribution in [0.15, 0.2) is 84.9 Å². The van der Waals surface area contributed by atoms with Gasteiger partial charge in [-0.3, -0.25) is 9.69 Å². The van der Waals surface area contributed by atoms with E-state index in [1.54, 1.807) is 0 Å². The van der Waals surface area contributed by atoms with Crippen LogP contribution < -0.4 is 0 Å². The van der Waals surface area contributed by atoms with Crippen molar-refractivity contribution >= 4 is 16.9 Å². The van der Waals surface area contributed by atoms with Crippen LogP contribution in [0.25, 0.3) is 11.0 Å². The zero-order chi connectivity index (χ0) is 31.2. The van der Waals surface area contributed by atoms with Crippen molar-refractivity contribution in [3.8, 4) is 0 Å². The summed E-state index contributed by atoms with van der Waals surface area (Å²) in [6, 6.07) is 31.0. The van der Waals surface area contributed by atoms with Gasteiger partial charge >= 0.3 is 0 Å². The van der Waals surface area contributed by atoms with Crippen LogP contribution >= 0.6 is 0 Å². The monoisotopic (exact) mass is 604 g/mol. The Labute approximate surface area is 268 Å². The van der Waals surface area contributed by atoms with Crippen LogP contribution in [0.3, 0.4) is 0 Å². The Bertz CT molecular complexity index is 1610. The predicted octanol–water partition coefficient (Wildman–Crippen LogP) is 7.22. The molecule has 3 fully saturated rings. The Kier molecular flexibility index (Phi) is 8.07. The van der Waals surface area contributed by atoms with Crippen molar-refractivity contribution in [2.75, 3.05) is 19.6 Å². The highest BCUT2D eigenvalue weighted by Crippen LogP contribution is 2.46. The third-order valence-electron chi connectivity index (χ3n) is 11.6. The molecule has 0 radical (unpaired) electrons. The zero-order valence-corrected chi connectivity index (χ0v) is 27.1. The molecule has 45 heavy (non-hydrogen) atoms. The Balaban J connectivity index is 1.05. The quantitative estimate of drug-likeness (QED) is 0.231. The summed E-state index contributed by atoms with van der Waals surface area (Å²) in [4.78, 5) is 23.6. The molecule has 7 rings (SSSR count). The number of imidazole rings is 1. The topological polar surface area (TPSA) is 61.6 Å². The molecule has 0 aliphatic carbocycles. The number of carbonyl (C=O) groups excluding carboxylic acids is 1. The van der Waals surface area contributed by atoms with Crippen LogP contribution in [-0.4, -0.2) is 62.1 Å². The molecule has 3 aliphatic rings. The molecular weight excluding hydrogens is 556 g/mol. The fourth-order valence-corrected chi connectivity index (χ4v) is 8.98. The highest BCUT2D eigenvalue weighted by Gasteiger charge is 2.46. The first-order valence-corrected chi connectivity index (χ1v) is 17.0. The third-order valence-corrected chi connectivity index (χ3v) is 11.6. The highest BCUT2D eigenvalue weighted by molar-refractivity contribution is 5.83. The van der Waals surface area contributed by atoms with Gasteiger partial charge in [-0.2, -0.15) is 0 Å². The number of aliphatic hydroxyl groups is 1. The van der Waals surface area contributed by atoms with Crippen molar-refractivity contribution in [3.05, 3.63) is 102 Å². The second-order valence-corrected chi connectivity index (χ2v) is 14.5. The lowest BCUT2D eigenvalue weighted by Gasteiger charge is -2.47. The standard InChI is InChI=1S/C39H48N4O2/c1-28-40-34-16-10-11-17-35(34)43(28)33-26-31-18-19-32(27-33)42(31)25-22-39(30-14-8-5-9-15-30)20-23-41(24-21-39)37(45)38(2,3)36(44)29-12-6-4-7-13-29/h4-17,31-33,36,44H,18-27H2,1-3H3/t31-,32+,33+,36?. The number of aromatic nitrogens is 2. The van der Waals surface area contributed by atoms with Gasteiger partial charge in [-0.15, -0.1) is 0 Å². The molecule has 0 spiro atoms. The summed E-state index contributed by atoms with van der Waals surface area (Å²) in [5.74, 6) is 1.18. The molecule has 1 N–H and O–H groups in total. The molecule has 1 aromatic heterocycles. The maximum atomic E-state index is 13.9. The van der Waals surface area contributed by atoms with Crippen LogP contribution in [0.5, 0.6) is 0 Å². The lowest BCUT2D eigenvalue weighted by atomic mass is 9.69. The van der Waals surface area contributed by atoms with Gasteiger partial charge in [0.2, 0.25) is 5.91 Å². The molecule has 4 heterocycles. The second-order valence-electron chi connectivity index (χ2n) is 14.5. The molecule has 4 aromatic rings. The Morgan fingerprint density at radius 2 is 1.49 bits per heavy atom. The van der Waals surface area contributed by atoms with Crippen molar-refractivity contribution in [1.82, 2.24) is 19.4 Å². The van der Waals surface area contributed by atoms with E-state index >= 15 is 0 Å². The summed E-state index contributed by atoms with van der Waals surface area (Å²) in [7, 11) is 0. The zero-order valence-electron chi connectivity index (χ0n) is 27.1. The van der Waals surface area contributed by atoms with E-state index in [0.717, 1.165) is 55.8 Å². The van der Waals surface area contributed by atoms with E-state index in [0.29, 0.717) is 18.1 Å². The van der Waals surface area contributed by atoms with Crippen LogP contribution in [-0.2, 0) is 10.2 Å². The first-order chi connectivity index (χ1) is 21.8. The molecule has 3 saturated heterocycles. The first kappa shape index (κ1) is 30.2. The fraction of sp³-hybridized carbons (Fsp3) is 0.487. The van der Waals surface area contributed by atoms with E-state index in [9.17, 15) is 9.90 Å². The summed E-state index contributed by atoms with van der Waals surface area (Å²) in [6.45, 7) is 8.49. The molecule has 3 aromatic carbocycles. The van der Waals surface area contributed by atoms with Gasteiger partial charge in [-0.05, 0) is 101 Å². The van der Waals surface area contributed by atoms with Gasteiger partial charge < -0.3 is 14.6 Å². The summed E-state index contributed by atoms with van der Waals surface area (Å²) in [5, 5.41) is 11.2. The van der Waals surface area contributed by atoms with E-state index in [-0.39, 0.29) is 11.3 Å². The Hall–Kier alpha value is -3.48. The highest BCUT2D eigenvalue weighted by atomic mass is 16.3. The SMILES string of the molecule is Cc1nc2ccccc2n1[C@H]1C[C@H]2CC[C@@H](C1)N2CCC1(c2ccccc2)CCN(C(=O)C(C)(C)C(O)c2ccccc2)CC1. The Morgan fingerprint density at radius 1 is 0.889 bits per heavy atom. The van der Waals surface area contributed by atoms with Crippen molar-refractivity contribution in [2.45, 2.75) is 95.4 Å². The number of rotatable bonds is 8. The lowest BCUT2D eigenvalue weighted by molar-refractivity contribution is -0.148. The maximum Gasteiger partial charge on any atom is 0.231 e. The van der Waals surface area contributed by atoms with Crippen LogP contribution in [0.4, 0.5) is 0 Å². The number of piperidine rings is 2. The van der Waals surface area contributed by atoms with E-state index in [1.807, 2.05) is 49.1 Å². The van der Waals surface area contributed by atoms with Gasteiger partial charge in [0.1, 0.15) is 5.82 Å². The van der Waals surface area contributed by atoms with Crippen molar-refractivity contribution in [1.29, 1.82) is 0 Å². The number of para-hydroxylation sites is 2. The molecule has 2 bridgehead atoms. The van der Waals surface area contributed by atoms with E-state index in [1.165, 1.54) is 36.8 Å². The molecule has 4 atom stereocenters. The minimum atomic E-state index is -0.892. The summed E-state index contributed by atoms with van der Waals surface area (Å²) >= 11 is 0. The molecule has 1 amide bonds. The number of fused-ring (bicyclic) bond motifs is 3. The summed E-state index contributed by atoms with van der Waals surface area (Å²) < 4.78 is 2.52. The third kappa shape index (κ3) is 5.50. The van der Waals surface area contributed by atoms with Gasteiger partial charge in [0.15, 0.2) is 0 Å². The van der Waals surface area contributed by atoms with Gasteiger partial charge in [0.05, 0.1) is 22.6 Å². The number of hydrogen-bond donors (Lipinski definition) is 1. The van der Waals surface area contributed by atoms with Gasteiger partial charge in [-0.25, -0.2) is 4.98 Å². The molecule has 6 nitrogen and oxygen atoms in total. The van der Waals surface area contributed by atoms with E-state index < -0.39 is 11.5 Å². The summed E-state index contributed by atoms with van der Waals surface area (Å²) in [6.07, 6.45) is 7.13. The molecule has 236 valence electrons. The number of benzene rings is 3. The van der Waals surface area contributed by atoms with Crippen LogP contribution in [0.1, 0.15) is 87.9 Å². The number of likely N-dealkylation sites (tertiary alicyclic amines) is 1. The average molecular weight is 605 g/mol. The van der Waals surface area contributed by atoms with Gasteiger partial charge in [0, 0.05) is 31.2 Å². The first-order valence-electron chi connectivity index (χ1n) is 17.0. The lowest BCUT2D eigenvalue weighted by Crippen LogP contribution is -2.52. The fourth-order valence-electron chi connectivity index (χ4n) is 8.98. The number of carbonyl (C=O) groups is 1. The maximum absolute atomic E-state index is 13.9. The predicted molar refractivity (Wildman–Crippen MR) is 180 cm³/mol. The number of aryl methyl sites for hydroxylation is 1. The minimum absolute atomic E-state index is 0.0444. The summed E-state index contributed by atoms with van der Waals surface area (Å²) in [5.41, 5.74) is 3.74. The van der Waals surface area contributed by atoms with E-state index in [4.69, 9.17) is 4.98 Å². The van der Waals surface area contributed by atoms with E-state index in [2.05, 4.69) is 71.0 Å². The average Bonchev–Trinajstić information content (AvgIpc) is 3.54. The van der Waals surface area contributed by atoms with Crippen molar-refractivity contribution in [2.24, 2.45) is 5.41 Å². The Morgan fingerprint density at radius 3 is 2.16 bits per heavy atom. The number of nitrogens with zero attached hydrogens (tertiary/aromatic N) is 4. The minimum Gasteiger partial charge on any atom is -0.387 e. The molecule has 1 unspecified atom stereocenters. The number of aliphatic hydroxyl groups excluding tert-OH is 1. The molecule has 3 aliphatic heterocycles. The number of hydrogen-bond acceptors (Lipinski definition) is 4. The van der Waals surface area contributed by atoms with Gasteiger partial charge in [-0.1, -0.05) is 72.8 Å². The van der Waals surface area contributed by atoms with Crippen molar-refractivity contribution < 1.29 is 9.90 Å². The largest absolute Gasteiger partial charge is 0.387 e. The molecule has 0 saturated carbocycles. The van der Waals surface area contributed by atoms with Crippen LogP contribution in [0.2, 0.25) is 0 Å². The van der Waals surface area contributed by atoms with Crippen molar-refractivity contribution in [3.63, 3.8) is 0 Å². The van der Waals surface area contributed by atoms with Gasteiger partial charge in [0.25, 0.3) is 0 Å². The number of amides is 1.